The molecule has 0 heterocycles. The molecular formula is C15H21FO. The lowest BCUT2D eigenvalue weighted by molar-refractivity contribution is 0.0879. The number of hydrogen-bond acceptors (Lipinski definition) is 1. The van der Waals surface area contributed by atoms with E-state index in [4.69, 9.17) is 0 Å². The first kappa shape index (κ1) is 12.6. The number of halogens is 1. The summed E-state index contributed by atoms with van der Waals surface area (Å²) >= 11 is 0. The van der Waals surface area contributed by atoms with E-state index >= 15 is 0 Å². The molecule has 0 saturated heterocycles. The van der Waals surface area contributed by atoms with Gasteiger partial charge in [0.2, 0.25) is 0 Å². The maximum atomic E-state index is 13.6. The zero-order valence-electron chi connectivity index (χ0n) is 10.2. The topological polar surface area (TPSA) is 20.2 Å². The van der Waals surface area contributed by atoms with Crippen LogP contribution >= 0.6 is 0 Å². The molecule has 1 aromatic rings. The Morgan fingerprint density at radius 3 is 2.24 bits per heavy atom. The molecule has 1 saturated carbocycles. The zero-order chi connectivity index (χ0) is 12.1. The second-order valence-corrected chi connectivity index (χ2v) is 5.07. The molecule has 1 aliphatic carbocycles. The fraction of sp³-hybridized carbons (Fsp3) is 0.600. The van der Waals surface area contributed by atoms with Gasteiger partial charge in [-0.3, -0.25) is 0 Å². The quantitative estimate of drug-likeness (QED) is 0.815. The van der Waals surface area contributed by atoms with E-state index < -0.39 is 6.10 Å². The molecule has 2 rings (SSSR count). The van der Waals surface area contributed by atoms with Crippen LogP contribution in [0, 0.1) is 11.7 Å². The van der Waals surface area contributed by atoms with E-state index in [2.05, 4.69) is 0 Å². The molecule has 1 N–H and O–H groups in total. The van der Waals surface area contributed by atoms with Crippen molar-refractivity contribution in [2.75, 3.05) is 0 Å². The Kier molecular flexibility index (Phi) is 4.55. The molecule has 0 radical (unpaired) electrons. The number of aliphatic hydroxyl groups excluding tert-OH is 1. The summed E-state index contributed by atoms with van der Waals surface area (Å²) < 4.78 is 13.6. The fourth-order valence-corrected chi connectivity index (χ4v) is 2.77. The molecule has 1 fully saturated rings. The molecular weight excluding hydrogens is 215 g/mol. The van der Waals surface area contributed by atoms with Crippen LogP contribution in [-0.4, -0.2) is 5.11 Å². The lowest BCUT2D eigenvalue weighted by Gasteiger charge is -2.25. The van der Waals surface area contributed by atoms with Crippen LogP contribution in [0.4, 0.5) is 4.39 Å². The molecule has 1 aliphatic rings. The van der Waals surface area contributed by atoms with E-state index in [1.54, 1.807) is 18.2 Å². The monoisotopic (exact) mass is 236 g/mol. The molecule has 1 nitrogen and oxygen atoms in total. The average molecular weight is 236 g/mol. The Bertz CT molecular complexity index is 343. The number of rotatable bonds is 2. The van der Waals surface area contributed by atoms with Gasteiger partial charge in [-0.15, -0.1) is 0 Å². The van der Waals surface area contributed by atoms with E-state index in [1.165, 1.54) is 25.3 Å². The third kappa shape index (κ3) is 3.29. The molecule has 2 heteroatoms. The normalized spacial score (nSPS) is 20.6. The van der Waals surface area contributed by atoms with Gasteiger partial charge in [0.05, 0.1) is 6.10 Å². The van der Waals surface area contributed by atoms with Crippen LogP contribution in [0.2, 0.25) is 0 Å². The SMILES string of the molecule is OC(c1ccccc1F)C1CCCCCCC1. The molecule has 0 bridgehead atoms. The van der Waals surface area contributed by atoms with Gasteiger partial charge >= 0.3 is 0 Å². The van der Waals surface area contributed by atoms with E-state index in [9.17, 15) is 9.50 Å². The third-order valence-electron chi connectivity index (χ3n) is 3.82. The van der Waals surface area contributed by atoms with E-state index in [1.807, 2.05) is 0 Å². The fourth-order valence-electron chi connectivity index (χ4n) is 2.77. The predicted molar refractivity (Wildman–Crippen MR) is 67.2 cm³/mol. The van der Waals surface area contributed by atoms with Crippen molar-refractivity contribution in [3.63, 3.8) is 0 Å². The van der Waals surface area contributed by atoms with Crippen molar-refractivity contribution in [1.82, 2.24) is 0 Å². The number of aliphatic hydroxyl groups is 1. The minimum Gasteiger partial charge on any atom is -0.388 e. The Balaban J connectivity index is 2.07. The maximum absolute atomic E-state index is 13.6. The first-order valence-corrected chi connectivity index (χ1v) is 6.71. The van der Waals surface area contributed by atoms with E-state index in [0.29, 0.717) is 5.56 Å². The molecule has 1 atom stereocenters. The van der Waals surface area contributed by atoms with Crippen molar-refractivity contribution in [3.8, 4) is 0 Å². The Hall–Kier alpha value is -0.890. The van der Waals surface area contributed by atoms with Crippen molar-refractivity contribution < 1.29 is 9.50 Å². The largest absolute Gasteiger partial charge is 0.388 e. The summed E-state index contributed by atoms with van der Waals surface area (Å²) in [4.78, 5) is 0. The summed E-state index contributed by atoms with van der Waals surface area (Å²) in [6.45, 7) is 0. The number of hydrogen-bond donors (Lipinski definition) is 1. The van der Waals surface area contributed by atoms with Crippen LogP contribution in [0.3, 0.4) is 0 Å². The van der Waals surface area contributed by atoms with Crippen LogP contribution in [0.1, 0.15) is 56.6 Å². The van der Waals surface area contributed by atoms with Crippen molar-refractivity contribution >= 4 is 0 Å². The van der Waals surface area contributed by atoms with Gasteiger partial charge in [0.15, 0.2) is 0 Å². The van der Waals surface area contributed by atoms with Crippen LogP contribution in [-0.2, 0) is 0 Å². The van der Waals surface area contributed by atoms with Crippen molar-refractivity contribution in [2.45, 2.75) is 51.0 Å². The molecule has 1 unspecified atom stereocenters. The standard InChI is InChI=1S/C15H21FO/c16-14-11-7-6-10-13(14)15(17)12-8-4-2-1-3-5-9-12/h6-7,10-12,15,17H,1-5,8-9H2. The third-order valence-corrected chi connectivity index (χ3v) is 3.82. The number of benzene rings is 1. The van der Waals surface area contributed by atoms with Gasteiger partial charge in [-0.2, -0.15) is 0 Å². The van der Waals surface area contributed by atoms with Crippen molar-refractivity contribution in [3.05, 3.63) is 35.6 Å². The lowest BCUT2D eigenvalue weighted by atomic mass is 9.84. The second-order valence-electron chi connectivity index (χ2n) is 5.07. The lowest BCUT2D eigenvalue weighted by Crippen LogP contribution is -2.15. The van der Waals surface area contributed by atoms with Crippen LogP contribution in [0.25, 0.3) is 0 Å². The van der Waals surface area contributed by atoms with Gasteiger partial charge < -0.3 is 5.11 Å². The van der Waals surface area contributed by atoms with E-state index in [0.717, 1.165) is 25.7 Å². The molecule has 0 aromatic heterocycles. The molecule has 17 heavy (non-hydrogen) atoms. The van der Waals surface area contributed by atoms with Crippen molar-refractivity contribution in [2.24, 2.45) is 5.92 Å². The molecule has 0 amide bonds. The summed E-state index contributed by atoms with van der Waals surface area (Å²) in [5, 5.41) is 10.3. The highest BCUT2D eigenvalue weighted by atomic mass is 19.1. The van der Waals surface area contributed by atoms with Crippen LogP contribution in [0.5, 0.6) is 0 Å². The average Bonchev–Trinajstić information content (AvgIpc) is 2.28. The van der Waals surface area contributed by atoms with Crippen molar-refractivity contribution in [1.29, 1.82) is 0 Å². The minimum atomic E-state index is -0.630. The minimum absolute atomic E-state index is 0.229. The highest BCUT2D eigenvalue weighted by Crippen LogP contribution is 2.33. The summed E-state index contributed by atoms with van der Waals surface area (Å²) in [5.41, 5.74) is 0.470. The summed E-state index contributed by atoms with van der Waals surface area (Å²) in [5.74, 6) is -0.0470. The van der Waals surface area contributed by atoms with Gasteiger partial charge in [0, 0.05) is 5.56 Å². The van der Waals surface area contributed by atoms with Gasteiger partial charge in [0.25, 0.3) is 0 Å². The molecule has 0 aliphatic heterocycles. The molecule has 0 spiro atoms. The van der Waals surface area contributed by atoms with E-state index in [-0.39, 0.29) is 11.7 Å². The summed E-state index contributed by atoms with van der Waals surface area (Å²) in [7, 11) is 0. The Morgan fingerprint density at radius 2 is 1.59 bits per heavy atom. The highest BCUT2D eigenvalue weighted by molar-refractivity contribution is 5.20. The predicted octanol–water partition coefficient (Wildman–Crippen LogP) is 4.22. The van der Waals surface area contributed by atoms with Crippen LogP contribution in [0.15, 0.2) is 24.3 Å². The van der Waals surface area contributed by atoms with Crippen LogP contribution < -0.4 is 0 Å². The Morgan fingerprint density at radius 1 is 1.00 bits per heavy atom. The zero-order valence-corrected chi connectivity index (χ0v) is 10.2. The van der Waals surface area contributed by atoms with Gasteiger partial charge in [-0.1, -0.05) is 50.3 Å². The maximum Gasteiger partial charge on any atom is 0.129 e. The first-order valence-electron chi connectivity index (χ1n) is 6.71. The highest BCUT2D eigenvalue weighted by Gasteiger charge is 2.23. The molecule has 1 aromatic carbocycles. The van der Waals surface area contributed by atoms with Gasteiger partial charge in [-0.05, 0) is 24.8 Å². The second kappa shape index (κ2) is 6.15. The summed E-state index contributed by atoms with van der Waals surface area (Å²) in [6.07, 6.45) is 7.55. The first-order chi connectivity index (χ1) is 8.29. The molecule has 94 valence electrons. The van der Waals surface area contributed by atoms with Gasteiger partial charge in [-0.25, -0.2) is 4.39 Å². The summed E-state index contributed by atoms with van der Waals surface area (Å²) in [6, 6.07) is 6.61. The van der Waals surface area contributed by atoms with Gasteiger partial charge in [0.1, 0.15) is 5.82 Å². The smallest absolute Gasteiger partial charge is 0.129 e. The Labute approximate surface area is 103 Å².